The summed E-state index contributed by atoms with van der Waals surface area (Å²) < 4.78 is 0.872. The van der Waals surface area contributed by atoms with E-state index < -0.39 is 0 Å². The lowest BCUT2D eigenvalue weighted by atomic mass is 9.63. The maximum atomic E-state index is 12.5. The van der Waals surface area contributed by atoms with Gasteiger partial charge in [0.25, 0.3) is 0 Å². The molecular weight excluding hydrogens is 288 g/mol. The minimum atomic E-state index is -0.0177. The Labute approximate surface area is 141 Å². The molecular formula is C19H35N2O2+. The minimum Gasteiger partial charge on any atom is -0.331 e. The lowest BCUT2D eigenvalue weighted by Crippen LogP contribution is -2.50. The summed E-state index contributed by atoms with van der Waals surface area (Å²) >= 11 is 0. The largest absolute Gasteiger partial charge is 0.331 e. The Balaban J connectivity index is 1.90. The van der Waals surface area contributed by atoms with Crippen LogP contribution >= 0.6 is 0 Å². The van der Waals surface area contributed by atoms with Crippen LogP contribution in [0.4, 0.5) is 0 Å². The summed E-state index contributed by atoms with van der Waals surface area (Å²) in [5.74, 6) is 1.64. The predicted molar refractivity (Wildman–Crippen MR) is 92.7 cm³/mol. The number of nitrogens with zero attached hydrogens (tertiary/aromatic N) is 2. The molecule has 132 valence electrons. The summed E-state index contributed by atoms with van der Waals surface area (Å²) in [4.78, 5) is 26.6. The molecule has 2 aliphatic rings. The fraction of sp³-hybridized carbons (Fsp3) is 0.895. The standard InChI is InChI=1S/C19H35N2O2/c1-15(2)16-7-9-19(10-8-16)13-17(22)20(18(23)14-19)11-6-12-21(3,4)5/h15-16H,6-14H2,1-5H3/q+1. The second-order valence-electron chi connectivity index (χ2n) is 9.24. The number of rotatable bonds is 5. The van der Waals surface area contributed by atoms with Crippen LogP contribution in [0.3, 0.4) is 0 Å². The van der Waals surface area contributed by atoms with E-state index in [-0.39, 0.29) is 17.2 Å². The van der Waals surface area contributed by atoms with Gasteiger partial charge >= 0.3 is 0 Å². The number of amides is 2. The van der Waals surface area contributed by atoms with E-state index >= 15 is 0 Å². The fourth-order valence-corrected chi connectivity index (χ4v) is 4.26. The van der Waals surface area contributed by atoms with Crippen molar-refractivity contribution in [3.8, 4) is 0 Å². The monoisotopic (exact) mass is 323 g/mol. The van der Waals surface area contributed by atoms with Gasteiger partial charge < -0.3 is 4.48 Å². The number of likely N-dealkylation sites (tertiary alicyclic amines) is 1. The average Bonchev–Trinajstić information content (AvgIpc) is 2.41. The quantitative estimate of drug-likeness (QED) is 0.576. The van der Waals surface area contributed by atoms with E-state index in [0.717, 1.165) is 42.1 Å². The zero-order valence-electron chi connectivity index (χ0n) is 15.7. The van der Waals surface area contributed by atoms with E-state index in [1.54, 1.807) is 0 Å². The van der Waals surface area contributed by atoms with Crippen LogP contribution in [0.2, 0.25) is 0 Å². The third kappa shape index (κ3) is 4.79. The van der Waals surface area contributed by atoms with E-state index in [2.05, 4.69) is 35.0 Å². The summed E-state index contributed by atoms with van der Waals surface area (Å²) in [6, 6.07) is 0. The van der Waals surface area contributed by atoms with Crippen molar-refractivity contribution >= 4 is 11.8 Å². The molecule has 0 aromatic carbocycles. The van der Waals surface area contributed by atoms with Crippen LogP contribution < -0.4 is 0 Å². The summed E-state index contributed by atoms with van der Waals surface area (Å²) in [5.41, 5.74) is -0.0177. The zero-order valence-corrected chi connectivity index (χ0v) is 15.7. The maximum absolute atomic E-state index is 12.5. The van der Waals surface area contributed by atoms with Gasteiger partial charge in [-0.05, 0) is 42.9 Å². The second-order valence-corrected chi connectivity index (χ2v) is 9.24. The summed E-state index contributed by atoms with van der Waals surface area (Å²) in [6.07, 6.45) is 6.55. The minimum absolute atomic E-state index is 0.0177. The first-order valence-electron chi connectivity index (χ1n) is 9.26. The number of hydrogen-bond donors (Lipinski definition) is 0. The van der Waals surface area contributed by atoms with E-state index in [1.807, 2.05) is 0 Å². The smallest absolute Gasteiger partial charge is 0.229 e. The van der Waals surface area contributed by atoms with E-state index in [9.17, 15) is 9.59 Å². The molecule has 0 N–H and O–H groups in total. The van der Waals surface area contributed by atoms with Gasteiger partial charge in [0.2, 0.25) is 11.8 Å². The summed E-state index contributed by atoms with van der Waals surface area (Å²) in [6.45, 7) is 6.15. The number of hydrogen-bond acceptors (Lipinski definition) is 2. The van der Waals surface area contributed by atoms with Crippen molar-refractivity contribution < 1.29 is 14.1 Å². The van der Waals surface area contributed by atoms with Crippen LogP contribution in [-0.2, 0) is 9.59 Å². The Bertz CT molecular complexity index is 423. The molecule has 0 aromatic heterocycles. The molecule has 1 spiro atoms. The van der Waals surface area contributed by atoms with Gasteiger partial charge in [-0.1, -0.05) is 13.8 Å². The van der Waals surface area contributed by atoms with Crippen molar-refractivity contribution in [1.82, 2.24) is 4.90 Å². The van der Waals surface area contributed by atoms with Crippen molar-refractivity contribution in [2.24, 2.45) is 17.3 Å². The fourth-order valence-electron chi connectivity index (χ4n) is 4.26. The highest BCUT2D eigenvalue weighted by Gasteiger charge is 2.45. The molecule has 2 amide bonds. The molecule has 1 aliphatic carbocycles. The van der Waals surface area contributed by atoms with E-state index in [1.165, 1.54) is 17.7 Å². The molecule has 0 bridgehead atoms. The number of carbonyl (C=O) groups is 2. The van der Waals surface area contributed by atoms with Gasteiger partial charge in [0.15, 0.2) is 0 Å². The number of imide groups is 1. The van der Waals surface area contributed by atoms with E-state index in [4.69, 9.17) is 0 Å². The third-order valence-electron chi connectivity index (χ3n) is 5.90. The van der Waals surface area contributed by atoms with Crippen molar-refractivity contribution in [2.75, 3.05) is 34.2 Å². The van der Waals surface area contributed by atoms with Crippen LogP contribution in [0, 0.1) is 17.3 Å². The Morgan fingerprint density at radius 1 is 1.09 bits per heavy atom. The topological polar surface area (TPSA) is 37.4 Å². The van der Waals surface area contributed by atoms with Gasteiger partial charge in [-0.15, -0.1) is 0 Å². The maximum Gasteiger partial charge on any atom is 0.229 e. The molecule has 2 rings (SSSR count). The second kappa shape index (κ2) is 6.92. The molecule has 2 fully saturated rings. The van der Waals surface area contributed by atoms with Crippen LogP contribution in [-0.4, -0.2) is 55.4 Å². The molecule has 1 heterocycles. The normalized spacial score (nSPS) is 23.1. The van der Waals surface area contributed by atoms with Gasteiger partial charge in [-0.25, -0.2) is 0 Å². The van der Waals surface area contributed by atoms with Crippen molar-refractivity contribution in [3.05, 3.63) is 0 Å². The van der Waals surface area contributed by atoms with Crippen LogP contribution in [0.5, 0.6) is 0 Å². The van der Waals surface area contributed by atoms with Crippen LogP contribution in [0.1, 0.15) is 58.8 Å². The molecule has 0 radical (unpaired) electrons. The first-order chi connectivity index (χ1) is 10.6. The highest BCUT2D eigenvalue weighted by Crippen LogP contribution is 2.48. The van der Waals surface area contributed by atoms with Gasteiger partial charge in [0.05, 0.1) is 27.7 Å². The molecule has 1 aliphatic heterocycles. The Morgan fingerprint density at radius 2 is 1.61 bits per heavy atom. The Hall–Kier alpha value is -0.900. The number of piperidine rings is 1. The molecule has 1 saturated heterocycles. The van der Waals surface area contributed by atoms with Gasteiger partial charge in [-0.2, -0.15) is 0 Å². The Morgan fingerprint density at radius 3 is 2.04 bits per heavy atom. The van der Waals surface area contributed by atoms with Crippen molar-refractivity contribution in [1.29, 1.82) is 0 Å². The first kappa shape index (κ1) is 18.4. The highest BCUT2D eigenvalue weighted by atomic mass is 16.2. The lowest BCUT2D eigenvalue weighted by molar-refractivity contribution is -0.870. The number of quaternary nitrogens is 1. The third-order valence-corrected chi connectivity index (χ3v) is 5.90. The number of carbonyl (C=O) groups excluding carboxylic acids is 2. The molecule has 23 heavy (non-hydrogen) atoms. The van der Waals surface area contributed by atoms with Gasteiger partial charge in [0.1, 0.15) is 0 Å². The molecule has 0 atom stereocenters. The van der Waals surface area contributed by atoms with E-state index in [0.29, 0.717) is 19.4 Å². The molecule has 4 nitrogen and oxygen atoms in total. The van der Waals surface area contributed by atoms with Crippen molar-refractivity contribution in [2.45, 2.75) is 58.8 Å². The highest BCUT2D eigenvalue weighted by molar-refractivity contribution is 5.98. The summed E-state index contributed by atoms with van der Waals surface area (Å²) in [5, 5.41) is 0. The molecule has 1 saturated carbocycles. The first-order valence-corrected chi connectivity index (χ1v) is 9.26. The van der Waals surface area contributed by atoms with Crippen LogP contribution in [0.15, 0.2) is 0 Å². The summed E-state index contributed by atoms with van der Waals surface area (Å²) in [7, 11) is 6.42. The molecule has 0 aromatic rings. The molecule has 4 heteroatoms. The molecule has 0 unspecified atom stereocenters. The van der Waals surface area contributed by atoms with Crippen molar-refractivity contribution in [3.63, 3.8) is 0 Å². The zero-order chi connectivity index (χ0) is 17.3. The van der Waals surface area contributed by atoms with Gasteiger partial charge in [-0.3, -0.25) is 14.5 Å². The Kier molecular flexibility index (Phi) is 5.55. The lowest BCUT2D eigenvalue weighted by Gasteiger charge is -2.45. The van der Waals surface area contributed by atoms with Crippen LogP contribution in [0.25, 0.3) is 0 Å². The average molecular weight is 324 g/mol. The predicted octanol–water partition coefficient (Wildman–Crippen LogP) is 3.06. The van der Waals surface area contributed by atoms with Gasteiger partial charge in [0, 0.05) is 25.8 Å². The SMILES string of the molecule is CC(C)C1CCC2(CC1)CC(=O)N(CCC[N+](C)(C)C)C(=O)C2.